The smallest absolute Gasteiger partial charge is 0.262 e. The van der Waals surface area contributed by atoms with Crippen molar-refractivity contribution >= 4 is 22.5 Å². The van der Waals surface area contributed by atoms with E-state index in [4.69, 9.17) is 9.72 Å². The van der Waals surface area contributed by atoms with E-state index in [0.29, 0.717) is 13.1 Å². The number of carbonyl (C=O) groups excluding carboxylic acids is 1. The third-order valence-corrected chi connectivity index (χ3v) is 4.41. The van der Waals surface area contributed by atoms with Crippen molar-refractivity contribution < 1.29 is 9.53 Å². The standard InChI is InChI=1S/C20H19N3O2/c1-21-20(24)19-13-23(17-8-4-5-9-18(17)25-19)12-15-11-10-14-6-2-3-7-16(14)22-15/h2-11,19H,12-13H2,1H3,(H,21,24)/t19-/m1/s1. The predicted octanol–water partition coefficient (Wildman–Crippen LogP) is 2.75. The normalized spacial score (nSPS) is 16.2. The van der Waals surface area contributed by atoms with Crippen LogP contribution in [-0.2, 0) is 11.3 Å². The molecular formula is C20H19N3O2. The maximum absolute atomic E-state index is 12.1. The number of ether oxygens (including phenoxy) is 1. The highest BCUT2D eigenvalue weighted by atomic mass is 16.5. The van der Waals surface area contributed by atoms with E-state index in [1.54, 1.807) is 7.05 Å². The molecule has 3 aromatic rings. The fraction of sp³-hybridized carbons (Fsp3) is 0.200. The largest absolute Gasteiger partial charge is 0.477 e. The first-order valence-electron chi connectivity index (χ1n) is 8.31. The molecule has 5 nitrogen and oxygen atoms in total. The second kappa shape index (κ2) is 6.43. The lowest BCUT2D eigenvalue weighted by molar-refractivity contribution is -0.127. The van der Waals surface area contributed by atoms with E-state index < -0.39 is 6.10 Å². The van der Waals surface area contributed by atoms with Gasteiger partial charge in [-0.3, -0.25) is 9.78 Å². The molecule has 0 unspecified atom stereocenters. The van der Waals surface area contributed by atoms with Crippen molar-refractivity contribution in [1.29, 1.82) is 0 Å². The Morgan fingerprint density at radius 2 is 1.96 bits per heavy atom. The monoisotopic (exact) mass is 333 g/mol. The highest BCUT2D eigenvalue weighted by Crippen LogP contribution is 2.34. The summed E-state index contributed by atoms with van der Waals surface area (Å²) in [5.41, 5.74) is 2.92. The summed E-state index contributed by atoms with van der Waals surface area (Å²) >= 11 is 0. The van der Waals surface area contributed by atoms with Crippen LogP contribution in [0.3, 0.4) is 0 Å². The number of amides is 1. The molecular weight excluding hydrogens is 314 g/mol. The van der Waals surface area contributed by atoms with Crippen molar-refractivity contribution in [3.63, 3.8) is 0 Å². The van der Waals surface area contributed by atoms with E-state index in [2.05, 4.69) is 22.3 Å². The number of hydrogen-bond acceptors (Lipinski definition) is 4. The number of nitrogens with one attached hydrogen (secondary N) is 1. The Morgan fingerprint density at radius 3 is 2.84 bits per heavy atom. The highest BCUT2D eigenvalue weighted by molar-refractivity contribution is 5.83. The number of para-hydroxylation sites is 3. The molecule has 1 atom stereocenters. The van der Waals surface area contributed by atoms with Gasteiger partial charge in [-0.2, -0.15) is 0 Å². The Hall–Kier alpha value is -3.08. The van der Waals surface area contributed by atoms with Crippen molar-refractivity contribution in [3.05, 3.63) is 66.4 Å². The van der Waals surface area contributed by atoms with E-state index in [1.807, 2.05) is 48.5 Å². The van der Waals surface area contributed by atoms with Crippen LogP contribution in [0.5, 0.6) is 5.75 Å². The molecule has 0 saturated carbocycles. The average Bonchev–Trinajstić information content (AvgIpc) is 2.67. The summed E-state index contributed by atoms with van der Waals surface area (Å²) in [7, 11) is 1.63. The van der Waals surface area contributed by atoms with Crippen LogP contribution in [0, 0.1) is 0 Å². The van der Waals surface area contributed by atoms with Gasteiger partial charge in [0.2, 0.25) is 0 Å². The number of fused-ring (bicyclic) bond motifs is 2. The third-order valence-electron chi connectivity index (χ3n) is 4.41. The summed E-state index contributed by atoms with van der Waals surface area (Å²) in [4.78, 5) is 19.0. The van der Waals surface area contributed by atoms with Crippen LogP contribution in [0.1, 0.15) is 5.69 Å². The zero-order valence-corrected chi connectivity index (χ0v) is 14.0. The van der Waals surface area contributed by atoms with Crippen molar-refractivity contribution in [2.24, 2.45) is 0 Å². The summed E-state index contributed by atoms with van der Waals surface area (Å²) in [6, 6.07) is 20.0. The topological polar surface area (TPSA) is 54.5 Å². The molecule has 1 aliphatic rings. The molecule has 5 heteroatoms. The molecule has 1 amide bonds. The molecule has 1 aromatic heterocycles. The van der Waals surface area contributed by atoms with Gasteiger partial charge in [-0.15, -0.1) is 0 Å². The number of benzene rings is 2. The second-order valence-corrected chi connectivity index (χ2v) is 6.06. The summed E-state index contributed by atoms with van der Waals surface area (Å²) in [5, 5.41) is 3.79. The number of nitrogens with zero attached hydrogens (tertiary/aromatic N) is 2. The number of hydrogen-bond donors (Lipinski definition) is 1. The van der Waals surface area contributed by atoms with Gasteiger partial charge >= 0.3 is 0 Å². The average molecular weight is 333 g/mol. The van der Waals surface area contributed by atoms with Crippen LogP contribution in [0.15, 0.2) is 60.7 Å². The van der Waals surface area contributed by atoms with Crippen LogP contribution in [0.2, 0.25) is 0 Å². The molecule has 0 fully saturated rings. The van der Waals surface area contributed by atoms with Crippen molar-refractivity contribution in [2.75, 3.05) is 18.5 Å². The first-order valence-corrected chi connectivity index (χ1v) is 8.31. The highest BCUT2D eigenvalue weighted by Gasteiger charge is 2.30. The lowest BCUT2D eigenvalue weighted by Gasteiger charge is -2.35. The molecule has 25 heavy (non-hydrogen) atoms. The predicted molar refractivity (Wildman–Crippen MR) is 97.7 cm³/mol. The van der Waals surface area contributed by atoms with E-state index in [9.17, 15) is 4.79 Å². The number of carbonyl (C=O) groups is 1. The Labute approximate surface area is 146 Å². The van der Waals surface area contributed by atoms with Crippen molar-refractivity contribution in [3.8, 4) is 5.75 Å². The molecule has 1 aliphatic heterocycles. The lowest BCUT2D eigenvalue weighted by Crippen LogP contribution is -2.48. The lowest BCUT2D eigenvalue weighted by atomic mass is 10.1. The van der Waals surface area contributed by atoms with Crippen LogP contribution < -0.4 is 15.0 Å². The SMILES string of the molecule is CNC(=O)[C@H]1CN(Cc2ccc3ccccc3n2)c2ccccc2O1. The van der Waals surface area contributed by atoms with Gasteiger partial charge in [-0.05, 0) is 24.3 Å². The van der Waals surface area contributed by atoms with Gasteiger partial charge in [-0.25, -0.2) is 0 Å². The number of aromatic nitrogens is 1. The van der Waals surface area contributed by atoms with E-state index in [1.165, 1.54) is 0 Å². The van der Waals surface area contributed by atoms with Crippen LogP contribution in [0.25, 0.3) is 10.9 Å². The Morgan fingerprint density at radius 1 is 1.16 bits per heavy atom. The molecule has 1 N–H and O–H groups in total. The molecule has 0 bridgehead atoms. The summed E-state index contributed by atoms with van der Waals surface area (Å²) in [6.07, 6.45) is -0.527. The van der Waals surface area contributed by atoms with Gasteiger partial charge in [0, 0.05) is 12.4 Å². The fourth-order valence-corrected chi connectivity index (χ4v) is 3.15. The zero-order valence-electron chi connectivity index (χ0n) is 14.0. The first-order chi connectivity index (χ1) is 12.2. The summed E-state index contributed by atoms with van der Waals surface area (Å²) < 4.78 is 5.85. The van der Waals surface area contributed by atoms with Gasteiger partial charge < -0.3 is 15.0 Å². The molecule has 2 heterocycles. The minimum Gasteiger partial charge on any atom is -0.477 e. The molecule has 0 spiro atoms. The fourth-order valence-electron chi connectivity index (χ4n) is 3.15. The Balaban J connectivity index is 1.66. The zero-order chi connectivity index (χ0) is 17.2. The summed E-state index contributed by atoms with van der Waals surface area (Å²) in [5.74, 6) is 0.606. The molecule has 126 valence electrons. The Kier molecular flexibility index (Phi) is 3.98. The first kappa shape index (κ1) is 15.4. The van der Waals surface area contributed by atoms with Gasteiger partial charge in [-0.1, -0.05) is 36.4 Å². The van der Waals surface area contributed by atoms with Gasteiger partial charge in [0.15, 0.2) is 6.10 Å². The molecule has 0 radical (unpaired) electrons. The van der Waals surface area contributed by atoms with Crippen molar-refractivity contribution in [2.45, 2.75) is 12.6 Å². The third kappa shape index (κ3) is 3.01. The summed E-state index contributed by atoms with van der Waals surface area (Å²) in [6.45, 7) is 1.11. The maximum Gasteiger partial charge on any atom is 0.262 e. The van der Waals surface area contributed by atoms with E-state index in [-0.39, 0.29) is 5.91 Å². The van der Waals surface area contributed by atoms with E-state index >= 15 is 0 Å². The number of anilines is 1. The molecule has 0 aliphatic carbocycles. The van der Waals surface area contributed by atoms with Gasteiger partial charge in [0.1, 0.15) is 5.75 Å². The molecule has 2 aromatic carbocycles. The van der Waals surface area contributed by atoms with Crippen LogP contribution >= 0.6 is 0 Å². The van der Waals surface area contributed by atoms with E-state index in [0.717, 1.165) is 28.0 Å². The Bertz CT molecular complexity index is 925. The number of likely N-dealkylation sites (N-methyl/N-ethyl adjacent to an activating group) is 1. The van der Waals surface area contributed by atoms with Crippen molar-refractivity contribution in [1.82, 2.24) is 10.3 Å². The minimum absolute atomic E-state index is 0.119. The van der Waals surface area contributed by atoms with Gasteiger partial charge in [0.05, 0.1) is 30.0 Å². The maximum atomic E-state index is 12.1. The number of rotatable bonds is 3. The second-order valence-electron chi connectivity index (χ2n) is 6.06. The number of pyridine rings is 1. The molecule has 0 saturated heterocycles. The molecule has 4 rings (SSSR count). The van der Waals surface area contributed by atoms with Crippen LogP contribution in [0.4, 0.5) is 5.69 Å². The van der Waals surface area contributed by atoms with Gasteiger partial charge in [0.25, 0.3) is 5.91 Å². The minimum atomic E-state index is -0.527. The van der Waals surface area contributed by atoms with Crippen LogP contribution in [-0.4, -0.2) is 30.6 Å². The quantitative estimate of drug-likeness (QED) is 0.801.